The molecule has 2 aliphatic carbocycles. The van der Waals surface area contributed by atoms with Crippen LogP contribution in [-0.4, -0.2) is 46.8 Å². The smallest absolute Gasteiger partial charge is 0.451 e. The van der Waals surface area contributed by atoms with Crippen molar-refractivity contribution < 1.29 is 18.3 Å². The van der Waals surface area contributed by atoms with Gasteiger partial charge < -0.3 is 14.8 Å². The van der Waals surface area contributed by atoms with Crippen molar-refractivity contribution in [3.63, 3.8) is 0 Å². The topological polar surface area (TPSA) is 33.7 Å². The molecule has 4 nitrogen and oxygen atoms in total. The van der Waals surface area contributed by atoms with Gasteiger partial charge in [0.2, 0.25) is 0 Å². The highest BCUT2D eigenvalue weighted by Gasteiger charge is 2.46. The number of hydrogen-bond acceptors (Lipinski definition) is 4. The SMILES string of the molecule is CCOC1=C(OC(F)(F)I)CC(N2CCNC3(CC3)C2)C=C1. The van der Waals surface area contributed by atoms with Gasteiger partial charge in [0.15, 0.2) is 5.76 Å². The first kappa shape index (κ1) is 16.4. The predicted molar refractivity (Wildman–Crippen MR) is 87.8 cm³/mol. The monoisotopic (exact) mass is 426 g/mol. The van der Waals surface area contributed by atoms with Gasteiger partial charge in [0.05, 0.1) is 29.2 Å². The Morgan fingerprint density at radius 3 is 2.91 bits per heavy atom. The molecule has 3 aliphatic rings. The van der Waals surface area contributed by atoms with Crippen molar-refractivity contribution in [3.05, 3.63) is 23.7 Å². The maximum atomic E-state index is 13.2. The number of rotatable bonds is 5. The molecule has 124 valence electrons. The van der Waals surface area contributed by atoms with Crippen LogP contribution in [0.15, 0.2) is 23.7 Å². The van der Waals surface area contributed by atoms with Crippen molar-refractivity contribution in [2.24, 2.45) is 0 Å². The van der Waals surface area contributed by atoms with Gasteiger partial charge in [-0.05, 0) is 25.8 Å². The van der Waals surface area contributed by atoms with Gasteiger partial charge in [0.25, 0.3) is 0 Å². The fourth-order valence-electron chi connectivity index (χ4n) is 3.17. The van der Waals surface area contributed by atoms with Gasteiger partial charge in [-0.25, -0.2) is 0 Å². The molecule has 7 heteroatoms. The van der Waals surface area contributed by atoms with Crippen LogP contribution in [-0.2, 0) is 9.47 Å². The van der Waals surface area contributed by atoms with E-state index in [0.717, 1.165) is 42.2 Å². The lowest BCUT2D eigenvalue weighted by molar-refractivity contribution is -0.122. The Hall–Kier alpha value is -0.410. The number of alkyl halides is 3. The molecule has 1 saturated heterocycles. The Morgan fingerprint density at radius 2 is 2.27 bits per heavy atom. The molecule has 0 aromatic carbocycles. The summed E-state index contributed by atoms with van der Waals surface area (Å²) < 4.78 is 33.6. The second-order valence-corrected chi connectivity index (χ2v) is 7.33. The van der Waals surface area contributed by atoms with Crippen LogP contribution in [0.3, 0.4) is 0 Å². The quantitative estimate of drug-likeness (QED) is 0.542. The first-order valence-corrected chi connectivity index (χ1v) is 8.78. The van der Waals surface area contributed by atoms with E-state index in [9.17, 15) is 8.78 Å². The number of piperazine rings is 1. The van der Waals surface area contributed by atoms with E-state index in [1.165, 1.54) is 12.8 Å². The Labute approximate surface area is 143 Å². The lowest BCUT2D eigenvalue weighted by Crippen LogP contribution is -2.55. The van der Waals surface area contributed by atoms with Crippen molar-refractivity contribution in [3.8, 4) is 0 Å². The van der Waals surface area contributed by atoms with Crippen molar-refractivity contribution >= 4 is 22.6 Å². The highest BCUT2D eigenvalue weighted by molar-refractivity contribution is 14.1. The van der Waals surface area contributed by atoms with Gasteiger partial charge in [-0.2, -0.15) is 8.78 Å². The molecule has 1 heterocycles. The van der Waals surface area contributed by atoms with Gasteiger partial charge in [-0.15, -0.1) is 0 Å². The molecule has 0 bridgehead atoms. The van der Waals surface area contributed by atoms with Crippen LogP contribution in [0.25, 0.3) is 0 Å². The normalized spacial score (nSPS) is 28.1. The summed E-state index contributed by atoms with van der Waals surface area (Å²) >= 11 is 1.00. The minimum Gasteiger partial charge on any atom is -0.490 e. The first-order chi connectivity index (χ1) is 10.4. The summed E-state index contributed by atoms with van der Waals surface area (Å²) in [6.07, 6.45) is 6.66. The van der Waals surface area contributed by atoms with Gasteiger partial charge in [0.1, 0.15) is 5.76 Å². The van der Waals surface area contributed by atoms with Crippen LogP contribution in [0.5, 0.6) is 0 Å². The van der Waals surface area contributed by atoms with Crippen LogP contribution in [0.2, 0.25) is 0 Å². The van der Waals surface area contributed by atoms with Crippen LogP contribution in [0.4, 0.5) is 8.78 Å². The van der Waals surface area contributed by atoms with Crippen molar-refractivity contribution in [2.75, 3.05) is 26.2 Å². The fraction of sp³-hybridized carbons (Fsp3) is 0.733. The summed E-state index contributed by atoms with van der Waals surface area (Å²) in [6, 6.07) is 0.0949. The molecule has 1 N–H and O–H groups in total. The molecular formula is C15H21F2IN2O2. The van der Waals surface area contributed by atoms with E-state index in [4.69, 9.17) is 9.47 Å². The average molecular weight is 426 g/mol. The van der Waals surface area contributed by atoms with Crippen molar-refractivity contribution in [1.29, 1.82) is 0 Å². The molecule has 1 saturated carbocycles. The number of hydrogen-bond donors (Lipinski definition) is 1. The van der Waals surface area contributed by atoms with E-state index in [1.807, 2.05) is 13.0 Å². The first-order valence-electron chi connectivity index (χ1n) is 7.70. The third-order valence-electron chi connectivity index (χ3n) is 4.41. The molecule has 1 atom stereocenters. The molecule has 1 spiro atoms. The Bertz CT molecular complexity index is 486. The van der Waals surface area contributed by atoms with E-state index in [1.54, 1.807) is 6.08 Å². The summed E-state index contributed by atoms with van der Waals surface area (Å²) in [6.45, 7) is 5.11. The molecule has 0 aromatic heterocycles. The molecule has 1 unspecified atom stereocenters. The fourth-order valence-corrected chi connectivity index (χ4v) is 3.44. The second-order valence-electron chi connectivity index (χ2n) is 6.08. The zero-order chi connectivity index (χ0) is 15.8. The molecule has 22 heavy (non-hydrogen) atoms. The lowest BCUT2D eigenvalue weighted by Gasteiger charge is -2.39. The number of nitrogens with zero attached hydrogens (tertiary/aromatic N) is 1. The Balaban J connectivity index is 1.70. The van der Waals surface area contributed by atoms with Gasteiger partial charge in [-0.1, -0.05) is 6.08 Å². The highest BCUT2D eigenvalue weighted by atomic mass is 127. The summed E-state index contributed by atoms with van der Waals surface area (Å²) in [5.74, 6) is 0.670. The standard InChI is InChI=1S/C15H21F2IN2O2/c1-2-21-12-4-3-11(9-13(12)22-15(16,17)18)20-8-7-19-14(10-20)5-6-14/h3-4,11,19H,2,5-10H2,1H3. The highest BCUT2D eigenvalue weighted by Crippen LogP contribution is 2.39. The van der Waals surface area contributed by atoms with E-state index >= 15 is 0 Å². The van der Waals surface area contributed by atoms with E-state index in [2.05, 4.69) is 10.2 Å². The summed E-state index contributed by atoms with van der Waals surface area (Å²) in [4.78, 5) is 2.36. The average Bonchev–Trinajstić information content (AvgIpc) is 3.18. The largest absolute Gasteiger partial charge is 0.490 e. The van der Waals surface area contributed by atoms with Gasteiger partial charge >= 0.3 is 4.12 Å². The zero-order valence-corrected chi connectivity index (χ0v) is 14.7. The van der Waals surface area contributed by atoms with Crippen LogP contribution < -0.4 is 5.32 Å². The molecule has 0 aromatic rings. The molecule has 3 rings (SSSR count). The Morgan fingerprint density at radius 1 is 1.50 bits per heavy atom. The van der Waals surface area contributed by atoms with Gasteiger partial charge in [0, 0.05) is 37.6 Å². The number of halogens is 3. The molecular weight excluding hydrogens is 405 g/mol. The Kier molecular flexibility index (Phi) is 4.66. The lowest BCUT2D eigenvalue weighted by atomic mass is 10.0. The summed E-state index contributed by atoms with van der Waals surface area (Å²) in [7, 11) is 0. The van der Waals surface area contributed by atoms with E-state index < -0.39 is 4.12 Å². The third kappa shape index (κ3) is 3.91. The molecule has 1 aliphatic heterocycles. The maximum absolute atomic E-state index is 13.2. The summed E-state index contributed by atoms with van der Waals surface area (Å²) in [5, 5.41) is 3.56. The molecule has 0 radical (unpaired) electrons. The van der Waals surface area contributed by atoms with E-state index in [0.29, 0.717) is 18.8 Å². The predicted octanol–water partition coefficient (Wildman–Crippen LogP) is 3.00. The van der Waals surface area contributed by atoms with Crippen LogP contribution in [0.1, 0.15) is 26.2 Å². The van der Waals surface area contributed by atoms with Crippen molar-refractivity contribution in [1.82, 2.24) is 10.2 Å². The molecule has 2 fully saturated rings. The minimum atomic E-state index is -3.22. The van der Waals surface area contributed by atoms with E-state index in [-0.39, 0.29) is 17.3 Å². The van der Waals surface area contributed by atoms with Gasteiger partial charge in [-0.3, -0.25) is 4.90 Å². The zero-order valence-electron chi connectivity index (χ0n) is 12.6. The molecule has 0 amide bonds. The summed E-state index contributed by atoms with van der Waals surface area (Å²) in [5.41, 5.74) is 0.268. The number of allylic oxidation sites excluding steroid dienone is 1. The number of ether oxygens (including phenoxy) is 2. The second kappa shape index (κ2) is 6.24. The van der Waals surface area contributed by atoms with Crippen molar-refractivity contribution in [2.45, 2.75) is 41.9 Å². The van der Waals surface area contributed by atoms with Crippen LogP contribution >= 0.6 is 22.6 Å². The minimum absolute atomic E-state index is 0.0949. The number of nitrogens with one attached hydrogen (secondary N) is 1. The maximum Gasteiger partial charge on any atom is 0.451 e. The van der Waals surface area contributed by atoms with Crippen LogP contribution in [0, 0.1) is 0 Å². The third-order valence-corrected chi connectivity index (χ3v) is 4.63.